The Morgan fingerprint density at radius 2 is 1.30 bits per heavy atom. The fourth-order valence-corrected chi connectivity index (χ4v) is 6.52. The number of hydrogen-bond donors (Lipinski definition) is 0. The van der Waals surface area contributed by atoms with Crippen LogP contribution in [0.1, 0.15) is 131 Å². The Labute approximate surface area is 224 Å². The number of halogens is 2. The molecule has 2 aliphatic carbocycles. The lowest BCUT2D eigenvalue weighted by Gasteiger charge is -2.29. The summed E-state index contributed by atoms with van der Waals surface area (Å²) >= 11 is 0. The number of ether oxygens (including phenoxy) is 1. The van der Waals surface area contributed by atoms with Crippen molar-refractivity contribution in [3.05, 3.63) is 70.8 Å². The average Bonchev–Trinajstić information content (AvgIpc) is 2.92. The molecule has 37 heavy (non-hydrogen) atoms. The van der Waals surface area contributed by atoms with E-state index in [-0.39, 0.29) is 12.2 Å². The first-order valence-electron chi connectivity index (χ1n) is 15.2. The molecule has 0 spiro atoms. The molecule has 204 valence electrons. The standard InChI is InChI=1S/C34H48F2O/c1-3-4-5-6-7-27-10-16-30(17-11-27)31-18-12-28(13-19-31)24-25-37-34(35,36)33-22-20-32(21-23-33)29-14-8-26(2)9-15-29/h12-13,18-23,26-27,29-30H,3-11,14-17,24-25H2,1-2H3. The van der Waals surface area contributed by atoms with Crippen molar-refractivity contribution >= 4 is 0 Å². The van der Waals surface area contributed by atoms with E-state index in [9.17, 15) is 8.78 Å². The summed E-state index contributed by atoms with van der Waals surface area (Å²) in [4.78, 5) is 0. The third-order valence-electron chi connectivity index (χ3n) is 9.17. The van der Waals surface area contributed by atoms with Gasteiger partial charge in [-0.3, -0.25) is 0 Å². The highest BCUT2D eigenvalue weighted by Gasteiger charge is 2.33. The molecule has 2 saturated carbocycles. The fourth-order valence-electron chi connectivity index (χ4n) is 6.52. The maximum Gasteiger partial charge on any atom is 0.383 e. The Kier molecular flexibility index (Phi) is 10.6. The fraction of sp³-hybridized carbons (Fsp3) is 0.647. The molecule has 0 atom stereocenters. The third kappa shape index (κ3) is 8.37. The van der Waals surface area contributed by atoms with Gasteiger partial charge >= 0.3 is 6.11 Å². The lowest BCUT2D eigenvalue weighted by atomic mass is 9.77. The molecule has 0 saturated heterocycles. The van der Waals surface area contributed by atoms with E-state index in [0.29, 0.717) is 18.3 Å². The van der Waals surface area contributed by atoms with Gasteiger partial charge in [0.05, 0.1) is 12.2 Å². The van der Waals surface area contributed by atoms with E-state index in [1.54, 1.807) is 12.1 Å². The van der Waals surface area contributed by atoms with Crippen molar-refractivity contribution in [2.24, 2.45) is 11.8 Å². The van der Waals surface area contributed by atoms with Crippen LogP contribution in [-0.4, -0.2) is 6.61 Å². The number of hydrogen-bond acceptors (Lipinski definition) is 1. The monoisotopic (exact) mass is 510 g/mol. The molecule has 0 amide bonds. The van der Waals surface area contributed by atoms with Crippen LogP contribution in [-0.2, 0) is 17.3 Å². The quantitative estimate of drug-likeness (QED) is 0.258. The van der Waals surface area contributed by atoms with E-state index in [4.69, 9.17) is 4.74 Å². The van der Waals surface area contributed by atoms with Gasteiger partial charge in [0.1, 0.15) is 0 Å². The normalized spacial score (nSPS) is 24.8. The van der Waals surface area contributed by atoms with E-state index >= 15 is 0 Å². The van der Waals surface area contributed by atoms with Gasteiger partial charge in [-0.1, -0.05) is 107 Å². The molecule has 0 bridgehead atoms. The summed E-state index contributed by atoms with van der Waals surface area (Å²) in [6.45, 7) is 4.58. The Morgan fingerprint density at radius 1 is 0.730 bits per heavy atom. The Balaban J connectivity index is 1.19. The number of benzene rings is 2. The summed E-state index contributed by atoms with van der Waals surface area (Å²) in [5.41, 5.74) is 3.61. The van der Waals surface area contributed by atoms with Gasteiger partial charge in [-0.25, -0.2) is 0 Å². The van der Waals surface area contributed by atoms with Crippen molar-refractivity contribution in [3.63, 3.8) is 0 Å². The SMILES string of the molecule is CCCCCCC1CCC(c2ccc(CCOC(F)(F)c3ccc(C4CCC(C)CC4)cc3)cc2)CC1. The van der Waals surface area contributed by atoms with Crippen molar-refractivity contribution in [2.45, 2.75) is 122 Å². The number of unbranched alkanes of at least 4 members (excludes halogenated alkanes) is 3. The lowest BCUT2D eigenvalue weighted by molar-refractivity contribution is -0.248. The van der Waals surface area contributed by atoms with E-state index in [0.717, 1.165) is 30.2 Å². The van der Waals surface area contributed by atoms with Gasteiger partial charge in [-0.2, -0.15) is 8.78 Å². The van der Waals surface area contributed by atoms with Crippen LogP contribution >= 0.6 is 0 Å². The van der Waals surface area contributed by atoms with Crippen LogP contribution in [0.5, 0.6) is 0 Å². The summed E-state index contributed by atoms with van der Waals surface area (Å²) in [7, 11) is 0. The molecular formula is C34H48F2O. The summed E-state index contributed by atoms with van der Waals surface area (Å²) in [6, 6.07) is 15.5. The minimum absolute atomic E-state index is 0.0117. The summed E-state index contributed by atoms with van der Waals surface area (Å²) in [6.07, 6.45) is 14.2. The van der Waals surface area contributed by atoms with Crippen molar-refractivity contribution in [2.75, 3.05) is 6.61 Å². The van der Waals surface area contributed by atoms with Gasteiger partial charge in [-0.05, 0) is 85.3 Å². The highest BCUT2D eigenvalue weighted by atomic mass is 19.3. The van der Waals surface area contributed by atoms with E-state index in [2.05, 4.69) is 38.1 Å². The topological polar surface area (TPSA) is 9.23 Å². The van der Waals surface area contributed by atoms with Crippen LogP contribution in [0.25, 0.3) is 0 Å². The van der Waals surface area contributed by atoms with Gasteiger partial charge in [0.25, 0.3) is 0 Å². The molecule has 0 N–H and O–H groups in total. The minimum atomic E-state index is -3.26. The Morgan fingerprint density at radius 3 is 1.89 bits per heavy atom. The molecule has 2 fully saturated rings. The minimum Gasteiger partial charge on any atom is -0.316 e. The summed E-state index contributed by atoms with van der Waals surface area (Å²) in [5.74, 6) is 2.86. The van der Waals surface area contributed by atoms with Gasteiger partial charge in [0.15, 0.2) is 0 Å². The van der Waals surface area contributed by atoms with Crippen LogP contribution in [0.4, 0.5) is 8.78 Å². The highest BCUT2D eigenvalue weighted by molar-refractivity contribution is 5.28. The zero-order chi connectivity index (χ0) is 26.1. The van der Waals surface area contributed by atoms with E-state index in [1.165, 1.54) is 81.8 Å². The Bertz CT molecular complexity index is 904. The predicted molar refractivity (Wildman–Crippen MR) is 150 cm³/mol. The largest absolute Gasteiger partial charge is 0.383 e. The molecule has 0 radical (unpaired) electrons. The highest BCUT2D eigenvalue weighted by Crippen LogP contribution is 2.39. The molecule has 0 unspecified atom stereocenters. The molecule has 0 heterocycles. The van der Waals surface area contributed by atoms with Gasteiger partial charge in [0, 0.05) is 0 Å². The van der Waals surface area contributed by atoms with Crippen molar-refractivity contribution in [1.29, 1.82) is 0 Å². The average molecular weight is 511 g/mol. The van der Waals surface area contributed by atoms with Crippen LogP contribution < -0.4 is 0 Å². The Hall–Kier alpha value is -1.74. The molecule has 2 aliphatic rings. The zero-order valence-corrected chi connectivity index (χ0v) is 23.2. The van der Waals surface area contributed by atoms with Crippen LogP contribution in [0, 0.1) is 11.8 Å². The predicted octanol–water partition coefficient (Wildman–Crippen LogP) is 10.5. The van der Waals surface area contributed by atoms with Crippen molar-refractivity contribution in [1.82, 2.24) is 0 Å². The second kappa shape index (κ2) is 13.9. The van der Waals surface area contributed by atoms with Gasteiger partial charge in [-0.15, -0.1) is 0 Å². The van der Waals surface area contributed by atoms with Gasteiger partial charge < -0.3 is 4.74 Å². The number of alkyl halides is 2. The molecule has 0 aromatic heterocycles. The van der Waals surface area contributed by atoms with Gasteiger partial charge in [0.2, 0.25) is 0 Å². The lowest BCUT2D eigenvalue weighted by Crippen LogP contribution is -2.20. The second-order valence-electron chi connectivity index (χ2n) is 12.0. The van der Waals surface area contributed by atoms with Crippen LogP contribution in [0.2, 0.25) is 0 Å². The molecule has 4 rings (SSSR count). The molecule has 2 aromatic rings. The smallest absolute Gasteiger partial charge is 0.316 e. The van der Waals surface area contributed by atoms with Crippen molar-refractivity contribution < 1.29 is 13.5 Å². The summed E-state index contributed by atoms with van der Waals surface area (Å²) < 4.78 is 34.5. The van der Waals surface area contributed by atoms with Crippen LogP contribution in [0.15, 0.2) is 48.5 Å². The second-order valence-corrected chi connectivity index (χ2v) is 12.0. The molecule has 3 heteroatoms. The van der Waals surface area contributed by atoms with Crippen molar-refractivity contribution in [3.8, 4) is 0 Å². The molecule has 0 aliphatic heterocycles. The maximum atomic E-state index is 14.7. The first-order chi connectivity index (χ1) is 17.9. The van der Waals surface area contributed by atoms with E-state index in [1.807, 2.05) is 12.1 Å². The molecular weight excluding hydrogens is 462 g/mol. The zero-order valence-electron chi connectivity index (χ0n) is 23.2. The first-order valence-corrected chi connectivity index (χ1v) is 15.2. The third-order valence-corrected chi connectivity index (χ3v) is 9.17. The molecule has 1 nitrogen and oxygen atoms in total. The van der Waals surface area contributed by atoms with E-state index < -0.39 is 6.11 Å². The maximum absolute atomic E-state index is 14.7. The number of rotatable bonds is 12. The summed E-state index contributed by atoms with van der Waals surface area (Å²) in [5, 5.41) is 0. The van der Waals surface area contributed by atoms with Crippen LogP contribution in [0.3, 0.4) is 0 Å². The molecule has 2 aromatic carbocycles. The first kappa shape index (κ1) is 28.3.